The second-order valence-electron chi connectivity index (χ2n) is 7.33. The molecule has 10 heteroatoms. The van der Waals surface area contributed by atoms with Crippen LogP contribution in [0.25, 0.3) is 0 Å². The molecule has 0 unspecified atom stereocenters. The maximum atomic E-state index is 13.1. The highest BCUT2D eigenvalue weighted by molar-refractivity contribution is 6.53. The lowest BCUT2D eigenvalue weighted by Crippen LogP contribution is -2.32. The first-order valence-electron chi connectivity index (χ1n) is 10.3. The number of rotatable bonds is 7. The van der Waals surface area contributed by atoms with Crippen LogP contribution in [0.2, 0.25) is 0 Å². The lowest BCUT2D eigenvalue weighted by atomic mass is 10.2. The van der Waals surface area contributed by atoms with Gasteiger partial charge in [0.15, 0.2) is 0 Å². The molecule has 0 fully saturated rings. The van der Waals surface area contributed by atoms with Crippen molar-refractivity contribution >= 4 is 46.4 Å². The van der Waals surface area contributed by atoms with Gasteiger partial charge in [-0.1, -0.05) is 11.6 Å². The van der Waals surface area contributed by atoms with Gasteiger partial charge in [0, 0.05) is 17.4 Å². The summed E-state index contributed by atoms with van der Waals surface area (Å²) in [5, 5.41) is 2.58. The van der Waals surface area contributed by atoms with Crippen LogP contribution in [0.1, 0.15) is 10.4 Å². The van der Waals surface area contributed by atoms with Crippen LogP contribution in [-0.2, 0) is 9.59 Å². The zero-order valence-electron chi connectivity index (χ0n) is 18.7. The molecular weight excluding hydrogens is 474 g/mol. The van der Waals surface area contributed by atoms with E-state index in [9.17, 15) is 14.4 Å². The fourth-order valence-electron chi connectivity index (χ4n) is 3.34. The molecule has 0 bridgehead atoms. The van der Waals surface area contributed by atoms with E-state index in [1.165, 1.54) is 32.4 Å². The first-order chi connectivity index (χ1) is 16.8. The second kappa shape index (κ2) is 9.78. The van der Waals surface area contributed by atoms with Crippen LogP contribution in [0.4, 0.5) is 17.1 Å². The monoisotopic (exact) mass is 493 g/mol. The van der Waals surface area contributed by atoms with E-state index in [0.29, 0.717) is 22.9 Å². The number of hydrogen-bond acceptors (Lipinski definition) is 8. The third kappa shape index (κ3) is 4.75. The smallest absolute Gasteiger partial charge is 0.343 e. The third-order valence-corrected chi connectivity index (χ3v) is 5.49. The number of carbonyl (C=O) groups is 3. The van der Waals surface area contributed by atoms with Gasteiger partial charge in [0.1, 0.15) is 28.0 Å². The number of ether oxygens (including phenoxy) is 3. The molecule has 0 saturated carbocycles. The van der Waals surface area contributed by atoms with Gasteiger partial charge in [-0.3, -0.25) is 9.59 Å². The Morgan fingerprint density at radius 3 is 2.17 bits per heavy atom. The van der Waals surface area contributed by atoms with Crippen LogP contribution in [0.3, 0.4) is 0 Å². The minimum Gasteiger partial charge on any atom is -0.497 e. The van der Waals surface area contributed by atoms with Crippen LogP contribution >= 0.6 is 11.6 Å². The Hall–Kier alpha value is -4.50. The van der Waals surface area contributed by atoms with Gasteiger partial charge in [0.2, 0.25) is 0 Å². The largest absolute Gasteiger partial charge is 0.497 e. The summed E-state index contributed by atoms with van der Waals surface area (Å²) in [6.07, 6.45) is 0. The van der Waals surface area contributed by atoms with Crippen LogP contribution in [0.15, 0.2) is 77.5 Å². The lowest BCUT2D eigenvalue weighted by molar-refractivity contribution is -0.120. The van der Waals surface area contributed by atoms with Gasteiger partial charge in [0.05, 0.1) is 25.5 Å². The first-order valence-corrected chi connectivity index (χ1v) is 10.7. The van der Waals surface area contributed by atoms with Gasteiger partial charge in [-0.2, -0.15) is 0 Å². The van der Waals surface area contributed by atoms with E-state index in [1.807, 2.05) is 0 Å². The summed E-state index contributed by atoms with van der Waals surface area (Å²) < 4.78 is 15.8. The Bertz CT molecular complexity index is 1340. The van der Waals surface area contributed by atoms with Crippen molar-refractivity contribution in [2.45, 2.75) is 0 Å². The number of nitrogen functional groups attached to an aromatic ring is 1. The Morgan fingerprint density at radius 2 is 1.54 bits per heavy atom. The molecule has 0 radical (unpaired) electrons. The average molecular weight is 494 g/mol. The van der Waals surface area contributed by atoms with Gasteiger partial charge in [-0.25, -0.2) is 9.69 Å². The molecule has 3 aromatic rings. The number of hydrogen-bond donors (Lipinski definition) is 2. The van der Waals surface area contributed by atoms with E-state index in [4.69, 9.17) is 31.5 Å². The van der Waals surface area contributed by atoms with Crippen LogP contribution in [0, 0.1) is 0 Å². The summed E-state index contributed by atoms with van der Waals surface area (Å²) in [6.45, 7) is 0. The maximum absolute atomic E-state index is 13.1. The van der Waals surface area contributed by atoms with Crippen molar-refractivity contribution in [1.29, 1.82) is 0 Å². The molecule has 3 N–H and O–H groups in total. The molecule has 1 aliphatic heterocycles. The highest BCUT2D eigenvalue weighted by Crippen LogP contribution is 2.37. The number of nitrogens with one attached hydrogen (secondary N) is 1. The van der Waals surface area contributed by atoms with Crippen molar-refractivity contribution in [3.8, 4) is 17.2 Å². The molecule has 1 aliphatic rings. The number of esters is 1. The van der Waals surface area contributed by atoms with Crippen molar-refractivity contribution in [3.05, 3.63) is 83.0 Å². The highest BCUT2D eigenvalue weighted by Gasteiger charge is 2.40. The molecule has 2 amide bonds. The molecule has 0 aliphatic carbocycles. The van der Waals surface area contributed by atoms with E-state index in [0.717, 1.165) is 4.90 Å². The summed E-state index contributed by atoms with van der Waals surface area (Å²) in [5.41, 5.74) is 7.02. The number of nitrogens with zero attached hydrogens (tertiary/aromatic N) is 1. The van der Waals surface area contributed by atoms with E-state index in [1.54, 1.807) is 48.5 Å². The third-order valence-electron chi connectivity index (χ3n) is 5.14. The highest BCUT2D eigenvalue weighted by atomic mass is 35.5. The number of anilines is 3. The lowest BCUT2D eigenvalue weighted by Gasteiger charge is -2.18. The SMILES string of the molecule is COc1ccc(N2C(=O)C(Cl)=C(Nc3ccc(C(=O)Oc4ccc(N)cc4)cc3)C2=O)c(OC)c1. The molecule has 9 nitrogen and oxygen atoms in total. The number of carbonyl (C=O) groups excluding carboxylic acids is 3. The van der Waals surface area contributed by atoms with Crippen LogP contribution in [-0.4, -0.2) is 32.0 Å². The molecule has 178 valence electrons. The molecule has 0 saturated heterocycles. The zero-order valence-corrected chi connectivity index (χ0v) is 19.5. The normalized spacial score (nSPS) is 13.2. The van der Waals surface area contributed by atoms with E-state index in [-0.39, 0.29) is 27.7 Å². The molecule has 3 aromatic carbocycles. The summed E-state index contributed by atoms with van der Waals surface area (Å²) in [7, 11) is 2.90. The Balaban J connectivity index is 1.50. The fourth-order valence-corrected chi connectivity index (χ4v) is 3.55. The molecule has 1 heterocycles. The summed E-state index contributed by atoms with van der Waals surface area (Å²) in [5.74, 6) is -0.810. The Labute approximate surface area is 205 Å². The summed E-state index contributed by atoms with van der Waals surface area (Å²) in [4.78, 5) is 39.2. The standard InChI is InChI=1S/C25H20ClN3O6/c1-33-18-11-12-19(20(13-18)34-2)29-23(30)21(26)22(24(29)31)28-16-7-3-14(4-8-16)25(32)35-17-9-5-15(27)6-10-17/h3-13,28H,27H2,1-2H3. The van der Waals surface area contributed by atoms with Crippen molar-refractivity contribution in [2.75, 3.05) is 30.2 Å². The van der Waals surface area contributed by atoms with E-state index < -0.39 is 17.8 Å². The van der Waals surface area contributed by atoms with Crippen molar-refractivity contribution in [3.63, 3.8) is 0 Å². The number of nitrogens with two attached hydrogens (primary N) is 1. The van der Waals surface area contributed by atoms with Gasteiger partial charge < -0.3 is 25.3 Å². The Kier molecular flexibility index (Phi) is 6.61. The Morgan fingerprint density at radius 1 is 0.886 bits per heavy atom. The fraction of sp³-hybridized carbons (Fsp3) is 0.0800. The van der Waals surface area contributed by atoms with Crippen LogP contribution in [0.5, 0.6) is 17.2 Å². The van der Waals surface area contributed by atoms with Crippen LogP contribution < -0.4 is 30.2 Å². The number of benzene rings is 3. The van der Waals surface area contributed by atoms with Gasteiger partial charge in [0.25, 0.3) is 11.8 Å². The van der Waals surface area contributed by atoms with Crippen molar-refractivity contribution in [2.24, 2.45) is 0 Å². The molecule has 0 spiro atoms. The quantitative estimate of drug-likeness (QED) is 0.220. The molecule has 0 aromatic heterocycles. The van der Waals surface area contributed by atoms with Gasteiger partial charge in [-0.15, -0.1) is 0 Å². The number of amides is 2. The van der Waals surface area contributed by atoms with Gasteiger partial charge >= 0.3 is 5.97 Å². The van der Waals surface area contributed by atoms with Crippen molar-refractivity contribution in [1.82, 2.24) is 0 Å². The topological polar surface area (TPSA) is 120 Å². The minimum absolute atomic E-state index is 0.105. The first kappa shape index (κ1) is 23.7. The summed E-state index contributed by atoms with van der Waals surface area (Å²) in [6, 6.07) is 17.3. The second-order valence-corrected chi connectivity index (χ2v) is 7.71. The van der Waals surface area contributed by atoms with Crippen molar-refractivity contribution < 1.29 is 28.6 Å². The number of halogens is 1. The maximum Gasteiger partial charge on any atom is 0.343 e. The predicted molar refractivity (Wildman–Crippen MR) is 131 cm³/mol. The minimum atomic E-state index is -0.702. The number of imide groups is 1. The van der Waals surface area contributed by atoms with E-state index >= 15 is 0 Å². The average Bonchev–Trinajstić information content (AvgIpc) is 3.08. The van der Waals surface area contributed by atoms with E-state index in [2.05, 4.69) is 5.32 Å². The molecular formula is C25H20ClN3O6. The molecule has 4 rings (SSSR count). The van der Waals surface area contributed by atoms with Gasteiger partial charge in [-0.05, 0) is 60.7 Å². The summed E-state index contributed by atoms with van der Waals surface area (Å²) >= 11 is 6.21. The number of methoxy groups -OCH3 is 2. The molecule has 0 atom stereocenters. The predicted octanol–water partition coefficient (Wildman–Crippen LogP) is 3.94. The molecule has 35 heavy (non-hydrogen) atoms. The zero-order chi connectivity index (χ0) is 25.1.